The smallest absolute Gasteiger partial charge is 0.0207 e. The zero-order chi connectivity index (χ0) is 10.8. The number of hydrogen-bond acceptors (Lipinski definition) is 0. The average Bonchev–Trinajstić information content (AvgIpc) is 2.27. The Balaban J connectivity index is 2.60. The number of halogens is 1. The molecule has 15 heavy (non-hydrogen) atoms. The molecule has 76 valence electrons. The van der Waals surface area contributed by atoms with Crippen LogP contribution in [0.5, 0.6) is 0 Å². The van der Waals surface area contributed by atoms with Crippen LogP contribution in [0.1, 0.15) is 11.1 Å². The molecule has 2 aromatic rings. The summed E-state index contributed by atoms with van der Waals surface area (Å²) in [4.78, 5) is 0. The molecule has 0 atom stereocenters. The lowest BCUT2D eigenvalue weighted by Gasteiger charge is -2.10. The molecule has 0 aliphatic rings. The molecule has 0 saturated heterocycles. The van der Waals surface area contributed by atoms with Gasteiger partial charge in [0.2, 0.25) is 0 Å². The maximum atomic E-state index is 3.55. The van der Waals surface area contributed by atoms with E-state index in [0.29, 0.717) is 0 Å². The topological polar surface area (TPSA) is 0 Å². The van der Waals surface area contributed by atoms with Gasteiger partial charge in [-0.3, -0.25) is 0 Å². The summed E-state index contributed by atoms with van der Waals surface area (Å²) in [5.74, 6) is 0. The summed E-state index contributed by atoms with van der Waals surface area (Å²) in [5.41, 5.74) is 5.26. The summed E-state index contributed by atoms with van der Waals surface area (Å²) in [5, 5.41) is 0. The Kier molecular flexibility index (Phi) is 2.92. The van der Waals surface area contributed by atoms with Crippen LogP contribution in [0.2, 0.25) is 0 Å². The second-order valence-corrected chi connectivity index (χ2v) is 4.57. The highest BCUT2D eigenvalue weighted by atomic mass is 79.9. The molecule has 0 aliphatic carbocycles. The second-order valence-electron chi connectivity index (χ2n) is 3.71. The van der Waals surface area contributed by atoms with Crippen molar-refractivity contribution in [2.24, 2.45) is 0 Å². The van der Waals surface area contributed by atoms with Crippen LogP contribution in [0.15, 0.2) is 46.9 Å². The summed E-state index contributed by atoms with van der Waals surface area (Å²) < 4.78 is 1.18. The largest absolute Gasteiger partial charge is 0.0622 e. The van der Waals surface area contributed by atoms with E-state index in [1.54, 1.807) is 0 Å². The maximum absolute atomic E-state index is 3.55. The minimum atomic E-state index is 1.18. The molecule has 0 aliphatic heterocycles. The third-order valence-electron chi connectivity index (χ3n) is 2.81. The van der Waals surface area contributed by atoms with Crippen LogP contribution < -0.4 is 0 Å². The molecule has 2 rings (SSSR count). The first-order valence-corrected chi connectivity index (χ1v) is 5.80. The maximum Gasteiger partial charge on any atom is 0.0207 e. The molecule has 0 aromatic heterocycles. The predicted octanol–water partition coefficient (Wildman–Crippen LogP) is 4.73. The van der Waals surface area contributed by atoms with Gasteiger partial charge >= 0.3 is 0 Å². The van der Waals surface area contributed by atoms with E-state index >= 15 is 0 Å². The fraction of sp³-hybridized carbons (Fsp3) is 0.143. The van der Waals surface area contributed by atoms with E-state index in [2.05, 4.69) is 66.2 Å². The van der Waals surface area contributed by atoms with Gasteiger partial charge in [-0.1, -0.05) is 52.3 Å². The Morgan fingerprint density at radius 3 is 2.13 bits per heavy atom. The SMILES string of the molecule is Cc1c(Br)ccc(-c2ccccc2)c1C. The number of rotatable bonds is 1. The van der Waals surface area contributed by atoms with E-state index in [9.17, 15) is 0 Å². The van der Waals surface area contributed by atoms with Crippen molar-refractivity contribution < 1.29 is 0 Å². The minimum absolute atomic E-state index is 1.18. The highest BCUT2D eigenvalue weighted by Gasteiger charge is 2.05. The lowest BCUT2D eigenvalue weighted by molar-refractivity contribution is 1.32. The van der Waals surface area contributed by atoms with Gasteiger partial charge in [-0.2, -0.15) is 0 Å². The predicted molar refractivity (Wildman–Crippen MR) is 69.1 cm³/mol. The lowest BCUT2D eigenvalue weighted by Crippen LogP contribution is -1.88. The van der Waals surface area contributed by atoms with E-state index in [1.807, 2.05) is 6.07 Å². The first kappa shape index (κ1) is 10.4. The van der Waals surface area contributed by atoms with Crippen LogP contribution in [0, 0.1) is 13.8 Å². The zero-order valence-corrected chi connectivity index (χ0v) is 10.5. The van der Waals surface area contributed by atoms with Crippen LogP contribution in [-0.2, 0) is 0 Å². The standard InChI is InChI=1S/C14H13Br/c1-10-11(2)14(15)9-8-13(10)12-6-4-3-5-7-12/h3-9H,1-2H3. The Labute approximate surface area is 99.1 Å². The third kappa shape index (κ3) is 1.98. The van der Waals surface area contributed by atoms with Crippen LogP contribution in [0.4, 0.5) is 0 Å². The molecule has 0 unspecified atom stereocenters. The molecule has 0 fully saturated rings. The van der Waals surface area contributed by atoms with Gasteiger partial charge in [0.05, 0.1) is 0 Å². The Morgan fingerprint density at radius 2 is 1.47 bits per heavy atom. The van der Waals surface area contributed by atoms with Gasteiger partial charge in [0, 0.05) is 4.47 Å². The zero-order valence-electron chi connectivity index (χ0n) is 8.92. The fourth-order valence-electron chi connectivity index (χ4n) is 1.72. The van der Waals surface area contributed by atoms with Gasteiger partial charge in [-0.05, 0) is 42.2 Å². The van der Waals surface area contributed by atoms with E-state index in [4.69, 9.17) is 0 Å². The lowest BCUT2D eigenvalue weighted by atomic mass is 9.97. The number of hydrogen-bond donors (Lipinski definition) is 0. The molecule has 2 aromatic carbocycles. The molecule has 0 amide bonds. The van der Waals surface area contributed by atoms with Gasteiger partial charge in [-0.25, -0.2) is 0 Å². The van der Waals surface area contributed by atoms with Gasteiger partial charge in [0.25, 0.3) is 0 Å². The molecule has 0 bridgehead atoms. The van der Waals surface area contributed by atoms with Crippen LogP contribution in [-0.4, -0.2) is 0 Å². The molecule has 0 saturated carbocycles. The normalized spacial score (nSPS) is 10.3. The quantitative estimate of drug-likeness (QED) is 0.696. The third-order valence-corrected chi connectivity index (χ3v) is 3.66. The van der Waals surface area contributed by atoms with Gasteiger partial charge in [-0.15, -0.1) is 0 Å². The van der Waals surface area contributed by atoms with Crippen molar-refractivity contribution in [2.75, 3.05) is 0 Å². The second kappa shape index (κ2) is 4.19. The van der Waals surface area contributed by atoms with E-state index < -0.39 is 0 Å². The van der Waals surface area contributed by atoms with Crippen molar-refractivity contribution in [1.82, 2.24) is 0 Å². The first-order chi connectivity index (χ1) is 7.20. The summed E-state index contributed by atoms with van der Waals surface area (Å²) in [6.45, 7) is 4.31. The summed E-state index contributed by atoms with van der Waals surface area (Å²) >= 11 is 3.55. The Hall–Kier alpha value is -1.08. The minimum Gasteiger partial charge on any atom is -0.0622 e. The van der Waals surface area contributed by atoms with Crippen molar-refractivity contribution in [2.45, 2.75) is 13.8 Å². The number of benzene rings is 2. The van der Waals surface area contributed by atoms with Crippen molar-refractivity contribution in [3.63, 3.8) is 0 Å². The Bertz CT molecular complexity index is 472. The van der Waals surface area contributed by atoms with Crippen molar-refractivity contribution in [3.05, 3.63) is 58.1 Å². The molecule has 0 N–H and O–H groups in total. The molecular formula is C14H13Br. The molecule has 0 radical (unpaired) electrons. The molecule has 1 heteroatoms. The van der Waals surface area contributed by atoms with E-state index in [0.717, 1.165) is 0 Å². The van der Waals surface area contributed by atoms with Gasteiger partial charge in [0.1, 0.15) is 0 Å². The monoisotopic (exact) mass is 260 g/mol. The molecule has 0 nitrogen and oxygen atoms in total. The van der Waals surface area contributed by atoms with Crippen molar-refractivity contribution in [1.29, 1.82) is 0 Å². The van der Waals surface area contributed by atoms with Gasteiger partial charge in [0.15, 0.2) is 0 Å². The van der Waals surface area contributed by atoms with Crippen molar-refractivity contribution in [3.8, 4) is 11.1 Å². The average molecular weight is 261 g/mol. The summed E-state index contributed by atoms with van der Waals surface area (Å²) in [6.07, 6.45) is 0. The Morgan fingerprint density at radius 1 is 0.800 bits per heavy atom. The highest BCUT2D eigenvalue weighted by Crippen LogP contribution is 2.29. The van der Waals surface area contributed by atoms with Crippen LogP contribution >= 0.6 is 15.9 Å². The molecular weight excluding hydrogens is 248 g/mol. The summed E-state index contributed by atoms with van der Waals surface area (Å²) in [6, 6.07) is 14.8. The molecule has 0 heterocycles. The van der Waals surface area contributed by atoms with Crippen LogP contribution in [0.3, 0.4) is 0 Å². The van der Waals surface area contributed by atoms with E-state index in [-0.39, 0.29) is 0 Å². The fourth-order valence-corrected chi connectivity index (χ4v) is 2.15. The van der Waals surface area contributed by atoms with Crippen molar-refractivity contribution >= 4 is 15.9 Å². The molecule has 0 spiro atoms. The first-order valence-electron chi connectivity index (χ1n) is 5.01. The highest BCUT2D eigenvalue weighted by molar-refractivity contribution is 9.10. The van der Waals surface area contributed by atoms with E-state index in [1.165, 1.54) is 26.7 Å². The van der Waals surface area contributed by atoms with Crippen LogP contribution in [0.25, 0.3) is 11.1 Å². The van der Waals surface area contributed by atoms with Gasteiger partial charge < -0.3 is 0 Å². The summed E-state index contributed by atoms with van der Waals surface area (Å²) in [7, 11) is 0.